The lowest BCUT2D eigenvalue weighted by molar-refractivity contribution is 0.113. The minimum absolute atomic E-state index is 0.124. The van der Waals surface area contributed by atoms with E-state index in [1.165, 1.54) is 114 Å². The molecule has 0 aromatic heterocycles. The molecule has 1 heteroatoms. The monoisotopic (exact) mass is 440 g/mol. The molecule has 32 heavy (non-hydrogen) atoms. The van der Waals surface area contributed by atoms with Crippen molar-refractivity contribution < 1.29 is 4.39 Å². The molecule has 0 N–H and O–H groups in total. The second-order valence-corrected chi connectivity index (χ2v) is 11.8. The van der Waals surface area contributed by atoms with Gasteiger partial charge < -0.3 is 0 Å². The quantitative estimate of drug-likeness (QED) is 0.317. The van der Waals surface area contributed by atoms with E-state index in [9.17, 15) is 0 Å². The zero-order valence-electron chi connectivity index (χ0n) is 21.1. The fourth-order valence-corrected chi connectivity index (χ4v) is 7.48. The third kappa shape index (κ3) is 6.18. The van der Waals surface area contributed by atoms with Crippen molar-refractivity contribution in [2.45, 2.75) is 135 Å². The van der Waals surface area contributed by atoms with Crippen molar-refractivity contribution in [3.8, 4) is 0 Å². The summed E-state index contributed by atoms with van der Waals surface area (Å²) in [6.07, 6.45) is 24.0. The van der Waals surface area contributed by atoms with Crippen LogP contribution in [-0.2, 0) is 12.8 Å². The van der Waals surface area contributed by atoms with Crippen LogP contribution in [0.5, 0.6) is 0 Å². The highest BCUT2D eigenvalue weighted by Gasteiger charge is 2.36. The molecule has 0 heterocycles. The lowest BCUT2D eigenvalue weighted by Crippen LogP contribution is -2.30. The number of benzene rings is 1. The molecule has 1 aromatic carbocycles. The van der Waals surface area contributed by atoms with Crippen LogP contribution in [0.2, 0.25) is 0 Å². The van der Waals surface area contributed by atoms with E-state index in [2.05, 4.69) is 19.9 Å². The second-order valence-electron chi connectivity index (χ2n) is 11.8. The van der Waals surface area contributed by atoms with Gasteiger partial charge in [0.2, 0.25) is 0 Å². The number of rotatable bonds is 10. The topological polar surface area (TPSA) is 0 Å². The zero-order valence-corrected chi connectivity index (χ0v) is 21.1. The van der Waals surface area contributed by atoms with Crippen molar-refractivity contribution in [2.24, 2.45) is 23.7 Å². The van der Waals surface area contributed by atoms with Gasteiger partial charge in [-0.1, -0.05) is 84.1 Å². The molecule has 0 spiro atoms. The standard InChI is InChI=1S/C31H49F/c1-3-5-7-8-9-11-24-13-15-28-21-29(22-31(32)30(28)19-24)27-17-16-25-18-23(10-6-4-2)12-14-26(25)20-27/h21-27H,3-20H2,1-2H3. The summed E-state index contributed by atoms with van der Waals surface area (Å²) in [7, 11) is 0. The van der Waals surface area contributed by atoms with Crippen molar-refractivity contribution in [1.82, 2.24) is 0 Å². The molecule has 5 unspecified atom stereocenters. The molecule has 1 aromatic rings. The Morgan fingerprint density at radius 2 is 1.50 bits per heavy atom. The van der Waals surface area contributed by atoms with Gasteiger partial charge in [-0.15, -0.1) is 0 Å². The predicted octanol–water partition coefficient (Wildman–Crippen LogP) is 9.78. The average Bonchev–Trinajstić information content (AvgIpc) is 2.82. The van der Waals surface area contributed by atoms with Crippen LogP contribution < -0.4 is 0 Å². The number of unbranched alkanes of at least 4 members (excludes halogenated alkanes) is 5. The van der Waals surface area contributed by atoms with Crippen LogP contribution in [-0.4, -0.2) is 0 Å². The number of hydrogen-bond donors (Lipinski definition) is 0. The molecule has 5 atom stereocenters. The third-order valence-corrected chi connectivity index (χ3v) is 9.50. The number of fused-ring (bicyclic) bond motifs is 2. The van der Waals surface area contributed by atoms with Crippen LogP contribution >= 0.6 is 0 Å². The van der Waals surface area contributed by atoms with Gasteiger partial charge in [-0.25, -0.2) is 4.39 Å². The van der Waals surface area contributed by atoms with E-state index in [1.54, 1.807) is 0 Å². The normalized spacial score (nSPS) is 30.0. The van der Waals surface area contributed by atoms with E-state index in [0.717, 1.165) is 36.2 Å². The molecular formula is C31H49F. The third-order valence-electron chi connectivity index (χ3n) is 9.50. The largest absolute Gasteiger partial charge is 0.207 e. The number of hydrogen-bond acceptors (Lipinski definition) is 0. The van der Waals surface area contributed by atoms with Crippen molar-refractivity contribution in [3.63, 3.8) is 0 Å². The Hall–Kier alpha value is -0.850. The van der Waals surface area contributed by atoms with Crippen LogP contribution in [0, 0.1) is 29.5 Å². The summed E-state index contributed by atoms with van der Waals surface area (Å²) >= 11 is 0. The molecule has 0 amide bonds. The van der Waals surface area contributed by atoms with E-state index in [1.807, 2.05) is 6.07 Å². The molecule has 0 saturated heterocycles. The molecule has 0 nitrogen and oxygen atoms in total. The Morgan fingerprint density at radius 3 is 2.34 bits per heavy atom. The van der Waals surface area contributed by atoms with Crippen molar-refractivity contribution in [3.05, 3.63) is 34.6 Å². The first-order valence-corrected chi connectivity index (χ1v) is 14.5. The maximum absolute atomic E-state index is 15.3. The maximum Gasteiger partial charge on any atom is 0.126 e. The summed E-state index contributed by atoms with van der Waals surface area (Å²) in [5, 5.41) is 0. The maximum atomic E-state index is 15.3. The lowest BCUT2D eigenvalue weighted by atomic mass is 9.63. The van der Waals surface area contributed by atoms with Crippen LogP contribution in [0.25, 0.3) is 0 Å². The van der Waals surface area contributed by atoms with Gasteiger partial charge in [0.1, 0.15) is 5.82 Å². The molecule has 0 aliphatic heterocycles. The van der Waals surface area contributed by atoms with Crippen molar-refractivity contribution in [2.75, 3.05) is 0 Å². The van der Waals surface area contributed by atoms with E-state index in [-0.39, 0.29) is 5.82 Å². The van der Waals surface area contributed by atoms with E-state index >= 15 is 4.39 Å². The first-order valence-electron chi connectivity index (χ1n) is 14.5. The summed E-state index contributed by atoms with van der Waals surface area (Å²) < 4.78 is 15.3. The lowest BCUT2D eigenvalue weighted by Gasteiger charge is -2.42. The Bertz CT molecular complexity index is 707. The van der Waals surface area contributed by atoms with Crippen molar-refractivity contribution >= 4 is 0 Å². The fourth-order valence-electron chi connectivity index (χ4n) is 7.48. The van der Waals surface area contributed by atoms with Gasteiger partial charge in [0.25, 0.3) is 0 Å². The highest BCUT2D eigenvalue weighted by Crippen LogP contribution is 2.49. The fraction of sp³-hybridized carbons (Fsp3) is 0.806. The Kier molecular flexibility index (Phi) is 9.13. The summed E-state index contributed by atoms with van der Waals surface area (Å²) in [5.74, 6) is 4.31. The molecule has 3 aliphatic rings. The molecule has 0 bridgehead atoms. The first kappa shape index (κ1) is 24.3. The summed E-state index contributed by atoms with van der Waals surface area (Å²) in [5.41, 5.74) is 3.77. The van der Waals surface area contributed by atoms with Crippen molar-refractivity contribution in [1.29, 1.82) is 0 Å². The molecular weight excluding hydrogens is 391 g/mol. The Balaban J connectivity index is 1.31. The van der Waals surface area contributed by atoms with Gasteiger partial charge in [-0.2, -0.15) is 0 Å². The predicted molar refractivity (Wildman–Crippen MR) is 136 cm³/mol. The second kappa shape index (κ2) is 12.0. The summed E-state index contributed by atoms with van der Waals surface area (Å²) in [6, 6.07) is 4.40. The minimum atomic E-state index is 0.124. The molecule has 2 saturated carbocycles. The van der Waals surface area contributed by atoms with Crippen LogP contribution in [0.4, 0.5) is 4.39 Å². The number of halogens is 1. The van der Waals surface area contributed by atoms with Gasteiger partial charge in [0.05, 0.1) is 0 Å². The molecule has 0 radical (unpaired) electrons. The number of aryl methyl sites for hydroxylation is 1. The van der Waals surface area contributed by atoms with E-state index < -0.39 is 0 Å². The van der Waals surface area contributed by atoms with Gasteiger partial charge in [0.15, 0.2) is 0 Å². The van der Waals surface area contributed by atoms with Gasteiger partial charge in [-0.3, -0.25) is 0 Å². The SMILES string of the molecule is CCCCCCCC1CCc2cc(C3CCC4CC(CCCC)CCC4C3)cc(F)c2C1. The minimum Gasteiger partial charge on any atom is -0.207 e. The first-order chi connectivity index (χ1) is 15.7. The van der Waals surface area contributed by atoms with Gasteiger partial charge >= 0.3 is 0 Å². The molecule has 4 rings (SSSR count). The smallest absolute Gasteiger partial charge is 0.126 e. The van der Waals surface area contributed by atoms with Crippen LogP contribution in [0.15, 0.2) is 12.1 Å². The van der Waals surface area contributed by atoms with Gasteiger partial charge in [0, 0.05) is 0 Å². The highest BCUT2D eigenvalue weighted by molar-refractivity contribution is 5.37. The molecule has 3 aliphatic carbocycles. The summed E-state index contributed by atoms with van der Waals surface area (Å²) in [6.45, 7) is 4.60. The van der Waals surface area contributed by atoms with Crippen LogP contribution in [0.3, 0.4) is 0 Å². The Morgan fingerprint density at radius 1 is 0.750 bits per heavy atom. The molecule has 2 fully saturated rings. The van der Waals surface area contributed by atoms with Gasteiger partial charge in [-0.05, 0) is 104 Å². The summed E-state index contributed by atoms with van der Waals surface area (Å²) in [4.78, 5) is 0. The van der Waals surface area contributed by atoms with E-state index in [4.69, 9.17) is 0 Å². The van der Waals surface area contributed by atoms with Crippen LogP contribution in [0.1, 0.15) is 139 Å². The highest BCUT2D eigenvalue weighted by atomic mass is 19.1. The zero-order chi connectivity index (χ0) is 22.3. The Labute approximate surface area is 198 Å². The average molecular weight is 441 g/mol. The molecule has 180 valence electrons. The van der Waals surface area contributed by atoms with E-state index in [0.29, 0.717) is 11.8 Å².